The summed E-state index contributed by atoms with van der Waals surface area (Å²) in [4.78, 5) is 32.1. The highest BCUT2D eigenvalue weighted by Gasteiger charge is 2.36. The molecule has 30 heavy (non-hydrogen) atoms. The summed E-state index contributed by atoms with van der Waals surface area (Å²) in [7, 11) is 0. The molecule has 0 aromatic heterocycles. The third kappa shape index (κ3) is 4.72. The van der Waals surface area contributed by atoms with Crippen molar-refractivity contribution in [3.8, 4) is 0 Å². The molecule has 1 N–H and O–H groups in total. The van der Waals surface area contributed by atoms with Crippen LogP contribution in [0.2, 0.25) is 5.02 Å². The summed E-state index contributed by atoms with van der Waals surface area (Å²) in [6.45, 7) is 0. The predicted octanol–water partition coefficient (Wildman–Crippen LogP) is 5.50. The third-order valence-electron chi connectivity index (χ3n) is 4.43. The molecule has 0 aliphatic carbocycles. The van der Waals surface area contributed by atoms with Crippen LogP contribution in [0.5, 0.6) is 0 Å². The van der Waals surface area contributed by atoms with Gasteiger partial charge in [0.25, 0.3) is 0 Å². The Hall–Kier alpha value is -3.09. The van der Waals surface area contributed by atoms with Gasteiger partial charge in [-0.15, -0.1) is 0 Å². The molecule has 0 bridgehead atoms. The zero-order valence-electron chi connectivity index (χ0n) is 15.9. The minimum absolute atomic E-state index is 0.0692. The molecule has 0 unspecified atom stereocenters. The van der Waals surface area contributed by atoms with E-state index in [9.17, 15) is 9.59 Å². The van der Waals surface area contributed by atoms with Gasteiger partial charge in [-0.3, -0.25) is 14.5 Å². The number of carbonyl (C=O) groups is 2. The summed E-state index contributed by atoms with van der Waals surface area (Å²) >= 11 is 7.28. The number of benzene rings is 3. The highest BCUT2D eigenvalue weighted by atomic mass is 35.5. The van der Waals surface area contributed by atoms with Crippen molar-refractivity contribution in [1.82, 2.24) is 0 Å². The molecule has 1 aliphatic rings. The van der Waals surface area contributed by atoms with Crippen molar-refractivity contribution >= 4 is 57.4 Å². The number of carbonyl (C=O) groups excluding carboxylic acids is 2. The molecule has 1 heterocycles. The van der Waals surface area contributed by atoms with Crippen molar-refractivity contribution < 1.29 is 9.59 Å². The second-order valence-electron chi connectivity index (χ2n) is 6.60. The molecular weight excluding hydrogens is 418 g/mol. The van der Waals surface area contributed by atoms with Crippen LogP contribution in [0.15, 0.2) is 89.9 Å². The van der Waals surface area contributed by atoms with Crippen molar-refractivity contribution in [2.24, 2.45) is 4.99 Å². The van der Waals surface area contributed by atoms with Crippen LogP contribution < -0.4 is 10.2 Å². The van der Waals surface area contributed by atoms with E-state index in [1.165, 1.54) is 11.8 Å². The van der Waals surface area contributed by atoms with Crippen molar-refractivity contribution in [2.45, 2.75) is 11.7 Å². The molecule has 5 nitrogen and oxygen atoms in total. The molecule has 7 heteroatoms. The SMILES string of the molecule is O=C(Nc1cccc(Cl)c1)[C@H]1CC(=O)N(c2ccccc2)C(=Nc2ccccc2)S1. The fourth-order valence-electron chi connectivity index (χ4n) is 3.03. The Balaban J connectivity index is 1.63. The van der Waals surface area contributed by atoms with Gasteiger partial charge in [0.05, 0.1) is 11.4 Å². The molecule has 0 saturated carbocycles. The van der Waals surface area contributed by atoms with Gasteiger partial charge in [0.1, 0.15) is 5.25 Å². The first-order chi connectivity index (χ1) is 14.6. The quantitative estimate of drug-likeness (QED) is 0.588. The molecule has 3 aromatic carbocycles. The van der Waals surface area contributed by atoms with E-state index in [0.29, 0.717) is 21.6 Å². The lowest BCUT2D eigenvalue weighted by molar-refractivity contribution is -0.121. The van der Waals surface area contributed by atoms with E-state index in [4.69, 9.17) is 11.6 Å². The minimum atomic E-state index is -0.598. The molecule has 4 rings (SSSR count). The van der Waals surface area contributed by atoms with Crippen LogP contribution in [0.1, 0.15) is 6.42 Å². The fraction of sp³-hybridized carbons (Fsp3) is 0.0870. The highest BCUT2D eigenvalue weighted by molar-refractivity contribution is 8.15. The molecule has 2 amide bonds. The van der Waals surface area contributed by atoms with Gasteiger partial charge in [-0.1, -0.05) is 65.8 Å². The lowest BCUT2D eigenvalue weighted by atomic mass is 10.2. The average molecular weight is 436 g/mol. The third-order valence-corrected chi connectivity index (χ3v) is 5.81. The Morgan fingerprint density at radius 2 is 1.70 bits per heavy atom. The number of hydrogen-bond donors (Lipinski definition) is 1. The largest absolute Gasteiger partial charge is 0.325 e. The van der Waals surface area contributed by atoms with Crippen LogP contribution in [0.25, 0.3) is 0 Å². The number of rotatable bonds is 4. The first kappa shape index (κ1) is 20.2. The van der Waals surface area contributed by atoms with Crippen molar-refractivity contribution in [1.29, 1.82) is 0 Å². The number of halogens is 1. The number of anilines is 2. The van der Waals surface area contributed by atoms with E-state index in [2.05, 4.69) is 10.3 Å². The molecule has 0 spiro atoms. The van der Waals surface area contributed by atoms with Gasteiger partial charge in [-0.2, -0.15) is 0 Å². The lowest BCUT2D eigenvalue weighted by Crippen LogP contribution is -2.45. The molecular formula is C23H18ClN3O2S. The van der Waals surface area contributed by atoms with Crippen molar-refractivity contribution in [3.63, 3.8) is 0 Å². The van der Waals surface area contributed by atoms with Crippen LogP contribution in [-0.2, 0) is 9.59 Å². The van der Waals surface area contributed by atoms with Gasteiger partial charge in [0, 0.05) is 17.1 Å². The minimum Gasteiger partial charge on any atom is -0.325 e. The van der Waals surface area contributed by atoms with E-state index >= 15 is 0 Å². The van der Waals surface area contributed by atoms with Crippen LogP contribution in [0.4, 0.5) is 17.1 Å². The van der Waals surface area contributed by atoms with Gasteiger partial charge in [0.15, 0.2) is 5.17 Å². The zero-order chi connectivity index (χ0) is 20.9. The van der Waals surface area contributed by atoms with Gasteiger partial charge < -0.3 is 5.32 Å². The van der Waals surface area contributed by atoms with Crippen LogP contribution in [0.3, 0.4) is 0 Å². The molecule has 150 valence electrons. The fourth-order valence-corrected chi connectivity index (χ4v) is 4.34. The number of nitrogens with zero attached hydrogens (tertiary/aromatic N) is 2. The van der Waals surface area contributed by atoms with E-state index in [1.54, 1.807) is 29.2 Å². The van der Waals surface area contributed by atoms with E-state index in [1.807, 2.05) is 60.7 Å². The van der Waals surface area contributed by atoms with Gasteiger partial charge >= 0.3 is 0 Å². The zero-order valence-corrected chi connectivity index (χ0v) is 17.4. The maximum absolute atomic E-state index is 13.0. The number of amidine groups is 1. The van der Waals surface area contributed by atoms with Gasteiger partial charge in [-0.05, 0) is 42.5 Å². The number of hydrogen-bond acceptors (Lipinski definition) is 4. The van der Waals surface area contributed by atoms with E-state index in [0.717, 1.165) is 5.69 Å². The normalized spacial score (nSPS) is 17.8. The Labute approximate surface area is 183 Å². The maximum Gasteiger partial charge on any atom is 0.238 e. The number of thioether (sulfide) groups is 1. The predicted molar refractivity (Wildman–Crippen MR) is 124 cm³/mol. The Bertz CT molecular complexity index is 1090. The van der Waals surface area contributed by atoms with Gasteiger partial charge in [-0.25, -0.2) is 4.99 Å². The van der Waals surface area contributed by atoms with Crippen molar-refractivity contribution in [2.75, 3.05) is 10.2 Å². The van der Waals surface area contributed by atoms with Crippen LogP contribution >= 0.6 is 23.4 Å². The second-order valence-corrected chi connectivity index (χ2v) is 8.21. The summed E-state index contributed by atoms with van der Waals surface area (Å²) in [6.07, 6.45) is 0.0692. The number of amides is 2. The average Bonchev–Trinajstić information content (AvgIpc) is 2.75. The Kier molecular flexibility index (Phi) is 6.16. The maximum atomic E-state index is 13.0. The summed E-state index contributed by atoms with van der Waals surface area (Å²) < 4.78 is 0. The second kappa shape index (κ2) is 9.15. The molecule has 1 aliphatic heterocycles. The van der Waals surface area contributed by atoms with E-state index in [-0.39, 0.29) is 18.2 Å². The molecule has 0 radical (unpaired) electrons. The standard InChI is InChI=1S/C23H18ClN3O2S/c24-16-8-7-11-18(14-16)25-22(29)20-15-21(28)27(19-12-5-2-6-13-19)23(30-20)26-17-9-3-1-4-10-17/h1-14,20H,15H2,(H,25,29)/t20-/m1/s1. The number of nitrogens with one attached hydrogen (secondary N) is 1. The summed E-state index contributed by atoms with van der Waals surface area (Å²) in [5.41, 5.74) is 2.02. The number of para-hydroxylation sites is 2. The summed E-state index contributed by atoms with van der Waals surface area (Å²) in [5, 5.41) is 3.24. The Morgan fingerprint density at radius 1 is 1.00 bits per heavy atom. The smallest absolute Gasteiger partial charge is 0.238 e. The topological polar surface area (TPSA) is 61.8 Å². The first-order valence-electron chi connectivity index (χ1n) is 9.35. The summed E-state index contributed by atoms with van der Waals surface area (Å²) in [6, 6.07) is 25.6. The number of aliphatic imine (C=N–C) groups is 1. The van der Waals surface area contributed by atoms with Gasteiger partial charge in [0.2, 0.25) is 11.8 Å². The molecule has 3 aromatic rings. The molecule has 1 saturated heterocycles. The molecule has 1 fully saturated rings. The first-order valence-corrected chi connectivity index (χ1v) is 10.6. The van der Waals surface area contributed by atoms with Crippen LogP contribution in [0, 0.1) is 0 Å². The lowest BCUT2D eigenvalue weighted by Gasteiger charge is -2.31. The summed E-state index contributed by atoms with van der Waals surface area (Å²) in [5.74, 6) is -0.440. The van der Waals surface area contributed by atoms with Crippen molar-refractivity contribution in [3.05, 3.63) is 90.0 Å². The molecule has 1 atom stereocenters. The highest BCUT2D eigenvalue weighted by Crippen LogP contribution is 2.33. The Morgan fingerprint density at radius 3 is 2.40 bits per heavy atom. The van der Waals surface area contributed by atoms with Crippen LogP contribution in [-0.4, -0.2) is 22.2 Å². The monoisotopic (exact) mass is 435 g/mol. The van der Waals surface area contributed by atoms with E-state index < -0.39 is 5.25 Å².